The van der Waals surface area contributed by atoms with Gasteiger partial charge in [0.05, 0.1) is 6.42 Å². The average molecular weight is 357 g/mol. The van der Waals surface area contributed by atoms with Crippen LogP contribution in [-0.2, 0) is 11.2 Å². The number of halogens is 2. The predicted octanol–water partition coefficient (Wildman–Crippen LogP) is 3.68. The van der Waals surface area contributed by atoms with E-state index in [0.717, 1.165) is 0 Å². The number of hydrogen-bond donors (Lipinski definition) is 1. The first-order chi connectivity index (χ1) is 9.75. The summed E-state index contributed by atoms with van der Waals surface area (Å²) in [5, 5.41) is 16.6. The number of carboxylic acid groups (broad SMARTS) is 1. The number of benzene rings is 1. The lowest BCUT2D eigenvalue weighted by atomic mass is 9.86. The molecular formula is C14H14BrFN2O3. The van der Waals surface area contributed by atoms with Crippen molar-refractivity contribution in [2.24, 2.45) is 5.41 Å². The molecule has 2 aromatic rings. The Hall–Kier alpha value is -1.76. The number of carbonyl (C=O) groups is 1. The van der Waals surface area contributed by atoms with E-state index in [0.29, 0.717) is 22.3 Å². The molecule has 0 fully saturated rings. The van der Waals surface area contributed by atoms with E-state index in [1.165, 1.54) is 12.1 Å². The van der Waals surface area contributed by atoms with Crippen LogP contribution < -0.4 is 0 Å². The van der Waals surface area contributed by atoms with Gasteiger partial charge in [-0.3, -0.25) is 4.79 Å². The minimum atomic E-state index is -0.881. The predicted molar refractivity (Wildman–Crippen MR) is 77.1 cm³/mol. The minimum absolute atomic E-state index is 0.00374. The van der Waals surface area contributed by atoms with Crippen LogP contribution in [0.25, 0.3) is 11.5 Å². The van der Waals surface area contributed by atoms with Crippen LogP contribution in [-0.4, -0.2) is 21.3 Å². The highest BCUT2D eigenvalue weighted by Crippen LogP contribution is 2.28. The number of aromatic nitrogens is 2. The molecule has 0 saturated heterocycles. The van der Waals surface area contributed by atoms with Crippen LogP contribution >= 0.6 is 15.9 Å². The number of hydrogen-bond acceptors (Lipinski definition) is 4. The molecule has 0 aliphatic heterocycles. The summed E-state index contributed by atoms with van der Waals surface area (Å²) < 4.78 is 19.4. The molecular weight excluding hydrogens is 343 g/mol. The van der Waals surface area contributed by atoms with Gasteiger partial charge >= 0.3 is 5.97 Å². The van der Waals surface area contributed by atoms with Gasteiger partial charge in [-0.1, -0.05) is 29.8 Å². The summed E-state index contributed by atoms with van der Waals surface area (Å²) in [6.07, 6.45) is 0.332. The van der Waals surface area contributed by atoms with Crippen molar-refractivity contribution in [3.8, 4) is 11.5 Å². The molecule has 0 aliphatic carbocycles. The summed E-state index contributed by atoms with van der Waals surface area (Å²) in [7, 11) is 0. The Labute approximate surface area is 129 Å². The van der Waals surface area contributed by atoms with Gasteiger partial charge in [-0.25, -0.2) is 4.39 Å². The topological polar surface area (TPSA) is 76.2 Å². The molecule has 2 rings (SSSR count). The Morgan fingerprint density at radius 1 is 1.38 bits per heavy atom. The molecule has 0 atom stereocenters. The molecule has 112 valence electrons. The van der Waals surface area contributed by atoms with E-state index in [4.69, 9.17) is 9.52 Å². The quantitative estimate of drug-likeness (QED) is 0.883. The molecule has 0 radical (unpaired) electrons. The summed E-state index contributed by atoms with van der Waals surface area (Å²) in [6.45, 7) is 3.62. The van der Waals surface area contributed by atoms with Gasteiger partial charge < -0.3 is 9.52 Å². The minimum Gasteiger partial charge on any atom is -0.481 e. The van der Waals surface area contributed by atoms with Crippen LogP contribution in [0.5, 0.6) is 0 Å². The lowest BCUT2D eigenvalue weighted by molar-refractivity contribution is -0.139. The van der Waals surface area contributed by atoms with Crippen molar-refractivity contribution in [1.29, 1.82) is 0 Å². The van der Waals surface area contributed by atoms with Crippen LogP contribution in [0, 0.1) is 11.2 Å². The number of nitrogens with zero attached hydrogens (tertiary/aromatic N) is 2. The Kier molecular flexibility index (Phi) is 4.41. The molecule has 0 unspecified atom stereocenters. The van der Waals surface area contributed by atoms with Crippen LogP contribution in [0.1, 0.15) is 26.2 Å². The van der Waals surface area contributed by atoms with E-state index in [1.54, 1.807) is 6.07 Å². The maximum atomic E-state index is 13.3. The smallest absolute Gasteiger partial charge is 0.303 e. The van der Waals surface area contributed by atoms with Gasteiger partial charge in [0.15, 0.2) is 0 Å². The second-order valence-electron chi connectivity index (χ2n) is 5.57. The van der Waals surface area contributed by atoms with Crippen molar-refractivity contribution < 1.29 is 18.7 Å². The maximum absolute atomic E-state index is 13.3. The van der Waals surface area contributed by atoms with Gasteiger partial charge in [-0.05, 0) is 23.6 Å². The lowest BCUT2D eigenvalue weighted by Gasteiger charge is -2.19. The highest BCUT2D eigenvalue weighted by Gasteiger charge is 2.25. The van der Waals surface area contributed by atoms with Crippen molar-refractivity contribution in [3.05, 3.63) is 34.4 Å². The van der Waals surface area contributed by atoms with Gasteiger partial charge in [0.1, 0.15) is 5.82 Å². The van der Waals surface area contributed by atoms with E-state index in [9.17, 15) is 9.18 Å². The summed E-state index contributed by atoms with van der Waals surface area (Å²) in [6, 6.07) is 4.30. The summed E-state index contributed by atoms with van der Waals surface area (Å²) in [5.74, 6) is -0.757. The van der Waals surface area contributed by atoms with Crippen LogP contribution in [0.4, 0.5) is 4.39 Å². The Bertz CT molecular complexity index is 650. The summed E-state index contributed by atoms with van der Waals surface area (Å²) in [5.41, 5.74) is -0.0327. The fraction of sp³-hybridized carbons (Fsp3) is 0.357. The van der Waals surface area contributed by atoms with Crippen LogP contribution in [0.3, 0.4) is 0 Å². The molecule has 0 aliphatic rings. The van der Waals surface area contributed by atoms with Crippen LogP contribution in [0.15, 0.2) is 27.1 Å². The van der Waals surface area contributed by atoms with E-state index >= 15 is 0 Å². The number of rotatable bonds is 5. The molecule has 7 heteroatoms. The van der Waals surface area contributed by atoms with E-state index < -0.39 is 17.2 Å². The highest BCUT2D eigenvalue weighted by molar-refractivity contribution is 9.10. The molecule has 5 nitrogen and oxygen atoms in total. The van der Waals surface area contributed by atoms with Gasteiger partial charge in [-0.2, -0.15) is 0 Å². The third-order valence-corrected chi connectivity index (χ3v) is 3.29. The summed E-state index contributed by atoms with van der Waals surface area (Å²) in [4.78, 5) is 10.8. The number of aliphatic carboxylic acids is 1. The molecule has 0 amide bonds. The zero-order chi connectivity index (χ0) is 15.6. The van der Waals surface area contributed by atoms with Gasteiger partial charge in [0.25, 0.3) is 0 Å². The Morgan fingerprint density at radius 2 is 2.10 bits per heavy atom. The molecule has 0 saturated carbocycles. The lowest BCUT2D eigenvalue weighted by Crippen LogP contribution is -2.19. The zero-order valence-corrected chi connectivity index (χ0v) is 13.1. The van der Waals surface area contributed by atoms with E-state index in [1.807, 2.05) is 13.8 Å². The van der Waals surface area contributed by atoms with E-state index in [2.05, 4.69) is 26.1 Å². The number of carboxylic acids is 1. The van der Waals surface area contributed by atoms with Gasteiger partial charge in [0, 0.05) is 16.5 Å². The van der Waals surface area contributed by atoms with Crippen molar-refractivity contribution in [2.45, 2.75) is 26.7 Å². The standard InChI is InChI=1S/C14H14BrFN2O3/c1-14(2,7-12(19)20)6-11-17-18-13(21-11)8-3-9(15)5-10(16)4-8/h3-5H,6-7H2,1-2H3,(H,19,20). The molecule has 1 aromatic heterocycles. The monoisotopic (exact) mass is 356 g/mol. The summed E-state index contributed by atoms with van der Waals surface area (Å²) >= 11 is 3.20. The molecule has 21 heavy (non-hydrogen) atoms. The van der Waals surface area contributed by atoms with Crippen molar-refractivity contribution in [1.82, 2.24) is 10.2 Å². The highest BCUT2D eigenvalue weighted by atomic mass is 79.9. The second kappa shape index (κ2) is 5.93. The average Bonchev–Trinajstić information content (AvgIpc) is 2.73. The fourth-order valence-corrected chi connectivity index (χ4v) is 2.47. The Balaban J connectivity index is 2.20. The van der Waals surface area contributed by atoms with Gasteiger partial charge in [0.2, 0.25) is 11.8 Å². The maximum Gasteiger partial charge on any atom is 0.303 e. The first-order valence-electron chi connectivity index (χ1n) is 6.26. The zero-order valence-electron chi connectivity index (χ0n) is 11.6. The molecule has 1 N–H and O–H groups in total. The Morgan fingerprint density at radius 3 is 2.71 bits per heavy atom. The normalized spacial score (nSPS) is 11.6. The van der Waals surface area contributed by atoms with E-state index in [-0.39, 0.29) is 12.3 Å². The third kappa shape index (κ3) is 4.35. The van der Waals surface area contributed by atoms with Crippen LogP contribution in [0.2, 0.25) is 0 Å². The first kappa shape index (κ1) is 15.6. The second-order valence-corrected chi connectivity index (χ2v) is 6.49. The molecule has 1 aromatic carbocycles. The molecule has 0 spiro atoms. The third-order valence-electron chi connectivity index (χ3n) is 2.84. The molecule has 1 heterocycles. The fourth-order valence-electron chi connectivity index (χ4n) is 2.00. The van der Waals surface area contributed by atoms with Crippen molar-refractivity contribution >= 4 is 21.9 Å². The van der Waals surface area contributed by atoms with Crippen molar-refractivity contribution in [3.63, 3.8) is 0 Å². The first-order valence-corrected chi connectivity index (χ1v) is 7.05. The largest absolute Gasteiger partial charge is 0.481 e. The molecule has 0 bridgehead atoms. The van der Waals surface area contributed by atoms with Crippen molar-refractivity contribution in [2.75, 3.05) is 0 Å². The SMILES string of the molecule is CC(C)(CC(=O)O)Cc1nnc(-c2cc(F)cc(Br)c2)o1. The van der Waals surface area contributed by atoms with Gasteiger partial charge in [-0.15, -0.1) is 10.2 Å².